The van der Waals surface area contributed by atoms with Crippen molar-refractivity contribution in [3.63, 3.8) is 0 Å². The molecule has 2 aromatic rings. The van der Waals surface area contributed by atoms with Gasteiger partial charge in [0.15, 0.2) is 0 Å². The summed E-state index contributed by atoms with van der Waals surface area (Å²) in [5.74, 6) is -0.199. The molecule has 0 aromatic heterocycles. The summed E-state index contributed by atoms with van der Waals surface area (Å²) < 4.78 is 13.5. The van der Waals surface area contributed by atoms with E-state index in [4.69, 9.17) is 11.6 Å². The fourth-order valence-corrected chi connectivity index (χ4v) is 2.97. The molecule has 0 unspecified atom stereocenters. The van der Waals surface area contributed by atoms with Crippen molar-refractivity contribution in [2.75, 3.05) is 18.0 Å². The Morgan fingerprint density at radius 1 is 1.24 bits per heavy atom. The highest BCUT2D eigenvalue weighted by atomic mass is 35.5. The third-order valence-corrected chi connectivity index (χ3v) is 4.21. The van der Waals surface area contributed by atoms with Gasteiger partial charge in [-0.15, -0.1) is 0 Å². The van der Waals surface area contributed by atoms with Crippen LogP contribution in [0, 0.1) is 5.82 Å². The molecule has 21 heavy (non-hydrogen) atoms. The topological polar surface area (TPSA) is 15.3 Å². The summed E-state index contributed by atoms with van der Waals surface area (Å²) in [5.41, 5.74) is 4.24. The highest BCUT2D eigenvalue weighted by Crippen LogP contribution is 2.36. The van der Waals surface area contributed by atoms with Gasteiger partial charge in [0.2, 0.25) is 0 Å². The molecule has 0 saturated heterocycles. The van der Waals surface area contributed by atoms with Crippen LogP contribution >= 0.6 is 11.6 Å². The minimum atomic E-state index is -0.199. The normalized spacial score (nSPS) is 13.6. The quantitative estimate of drug-likeness (QED) is 0.907. The Hall–Kier alpha value is -1.58. The molecule has 1 heterocycles. The summed E-state index contributed by atoms with van der Waals surface area (Å²) in [4.78, 5) is 2.13. The molecule has 2 nitrogen and oxygen atoms in total. The van der Waals surface area contributed by atoms with E-state index >= 15 is 0 Å². The van der Waals surface area contributed by atoms with Crippen LogP contribution in [0.1, 0.15) is 18.1 Å². The molecule has 0 aliphatic carbocycles. The average molecular weight is 305 g/mol. The molecule has 2 aromatic carbocycles. The van der Waals surface area contributed by atoms with E-state index in [2.05, 4.69) is 23.2 Å². The molecule has 0 saturated carbocycles. The van der Waals surface area contributed by atoms with Gasteiger partial charge in [-0.05, 0) is 48.4 Å². The number of nitrogens with one attached hydrogen (secondary N) is 1. The average Bonchev–Trinajstić information content (AvgIpc) is 2.89. The highest BCUT2D eigenvalue weighted by molar-refractivity contribution is 6.31. The number of hydrogen-bond acceptors (Lipinski definition) is 2. The van der Waals surface area contributed by atoms with Gasteiger partial charge in [0.25, 0.3) is 0 Å². The van der Waals surface area contributed by atoms with Gasteiger partial charge in [0, 0.05) is 29.5 Å². The van der Waals surface area contributed by atoms with Crippen LogP contribution in [0.5, 0.6) is 0 Å². The van der Waals surface area contributed by atoms with Crippen molar-refractivity contribution in [2.24, 2.45) is 0 Å². The lowest BCUT2D eigenvalue weighted by molar-refractivity contribution is 0.628. The van der Waals surface area contributed by atoms with Crippen LogP contribution in [-0.4, -0.2) is 13.1 Å². The molecule has 110 valence electrons. The summed E-state index contributed by atoms with van der Waals surface area (Å²) >= 11 is 6.36. The zero-order chi connectivity index (χ0) is 14.8. The largest absolute Gasteiger partial charge is 0.341 e. The van der Waals surface area contributed by atoms with E-state index in [-0.39, 0.29) is 5.82 Å². The second kappa shape index (κ2) is 6.04. The molecule has 3 rings (SSSR count). The fourth-order valence-electron chi connectivity index (χ4n) is 2.73. The number of rotatable bonds is 4. The molecule has 0 spiro atoms. The predicted molar refractivity (Wildman–Crippen MR) is 85.9 cm³/mol. The van der Waals surface area contributed by atoms with Crippen LogP contribution in [0.3, 0.4) is 0 Å². The first-order valence-corrected chi connectivity index (χ1v) is 7.62. The van der Waals surface area contributed by atoms with E-state index in [1.54, 1.807) is 6.07 Å². The van der Waals surface area contributed by atoms with Gasteiger partial charge in [-0.1, -0.05) is 30.7 Å². The van der Waals surface area contributed by atoms with Crippen molar-refractivity contribution in [2.45, 2.75) is 19.9 Å². The Morgan fingerprint density at radius 2 is 2.10 bits per heavy atom. The molecule has 0 radical (unpaired) electrons. The molecule has 1 N–H and O–H groups in total. The van der Waals surface area contributed by atoms with Crippen LogP contribution in [0.25, 0.3) is 0 Å². The Bertz CT molecular complexity index is 657. The van der Waals surface area contributed by atoms with Crippen LogP contribution in [0.2, 0.25) is 5.02 Å². The third-order valence-electron chi connectivity index (χ3n) is 3.86. The van der Waals surface area contributed by atoms with E-state index in [0.29, 0.717) is 0 Å². The van der Waals surface area contributed by atoms with Crippen molar-refractivity contribution >= 4 is 23.0 Å². The van der Waals surface area contributed by atoms with Gasteiger partial charge in [-0.3, -0.25) is 0 Å². The van der Waals surface area contributed by atoms with Gasteiger partial charge in [0.1, 0.15) is 5.82 Å². The molecule has 0 fully saturated rings. The van der Waals surface area contributed by atoms with Crippen molar-refractivity contribution < 1.29 is 4.39 Å². The van der Waals surface area contributed by atoms with Crippen molar-refractivity contribution in [3.05, 3.63) is 58.4 Å². The predicted octanol–water partition coefficient (Wildman–Crippen LogP) is 4.28. The van der Waals surface area contributed by atoms with E-state index < -0.39 is 0 Å². The van der Waals surface area contributed by atoms with Crippen LogP contribution < -0.4 is 10.2 Å². The van der Waals surface area contributed by atoms with Crippen molar-refractivity contribution in [1.29, 1.82) is 0 Å². The van der Waals surface area contributed by atoms with Crippen molar-refractivity contribution in [3.8, 4) is 0 Å². The van der Waals surface area contributed by atoms with Crippen LogP contribution in [0.15, 0.2) is 36.4 Å². The lowest BCUT2D eigenvalue weighted by Gasteiger charge is -2.20. The maximum absolute atomic E-state index is 13.5. The van der Waals surface area contributed by atoms with E-state index in [1.807, 2.05) is 18.2 Å². The van der Waals surface area contributed by atoms with Gasteiger partial charge >= 0.3 is 0 Å². The smallest absolute Gasteiger partial charge is 0.125 e. The Morgan fingerprint density at radius 3 is 2.86 bits per heavy atom. The molecular formula is C17H18ClFN2. The molecule has 4 heteroatoms. The number of fused-ring (bicyclic) bond motifs is 1. The number of nitrogens with zero attached hydrogens (tertiary/aromatic N) is 1. The van der Waals surface area contributed by atoms with E-state index in [1.165, 1.54) is 11.6 Å². The summed E-state index contributed by atoms with van der Waals surface area (Å²) in [6.45, 7) is 4.61. The van der Waals surface area contributed by atoms with Gasteiger partial charge in [-0.25, -0.2) is 4.39 Å². The standard InChI is InChI=1S/C17H18ClFN2/c1-2-20-11-13-4-6-15(10-16(13)18)21-8-7-12-3-5-14(19)9-17(12)21/h3-6,9-10,20H,2,7-8,11H2,1H3. The van der Waals surface area contributed by atoms with E-state index in [9.17, 15) is 4.39 Å². The lowest BCUT2D eigenvalue weighted by atomic mass is 10.1. The molecule has 1 aliphatic heterocycles. The molecule has 0 atom stereocenters. The SMILES string of the molecule is CCNCc1ccc(N2CCc3ccc(F)cc32)cc1Cl. The lowest BCUT2D eigenvalue weighted by Crippen LogP contribution is -2.15. The zero-order valence-corrected chi connectivity index (χ0v) is 12.8. The Labute approximate surface area is 129 Å². The van der Waals surface area contributed by atoms with Crippen molar-refractivity contribution in [1.82, 2.24) is 5.32 Å². The zero-order valence-electron chi connectivity index (χ0n) is 12.0. The highest BCUT2D eigenvalue weighted by Gasteiger charge is 2.21. The van der Waals surface area contributed by atoms with Gasteiger partial charge in [-0.2, -0.15) is 0 Å². The third kappa shape index (κ3) is 2.89. The monoisotopic (exact) mass is 304 g/mol. The molecule has 0 bridgehead atoms. The van der Waals surface area contributed by atoms with Crippen LogP contribution in [0.4, 0.5) is 15.8 Å². The number of anilines is 2. The number of halogens is 2. The first-order valence-electron chi connectivity index (χ1n) is 7.24. The Kier molecular flexibility index (Phi) is 4.13. The van der Waals surface area contributed by atoms with E-state index in [0.717, 1.165) is 48.0 Å². The van der Waals surface area contributed by atoms with Crippen LogP contribution in [-0.2, 0) is 13.0 Å². The summed E-state index contributed by atoms with van der Waals surface area (Å²) in [6.07, 6.45) is 0.937. The minimum absolute atomic E-state index is 0.199. The maximum Gasteiger partial charge on any atom is 0.125 e. The summed E-state index contributed by atoms with van der Waals surface area (Å²) in [5, 5.41) is 4.02. The summed E-state index contributed by atoms with van der Waals surface area (Å²) in [7, 11) is 0. The maximum atomic E-state index is 13.5. The van der Waals surface area contributed by atoms with Gasteiger partial charge in [0.05, 0.1) is 0 Å². The fraction of sp³-hybridized carbons (Fsp3) is 0.294. The first-order chi connectivity index (χ1) is 10.2. The molecule has 0 amide bonds. The van der Waals surface area contributed by atoms with Gasteiger partial charge < -0.3 is 10.2 Å². The second-order valence-electron chi connectivity index (χ2n) is 5.23. The number of benzene rings is 2. The Balaban J connectivity index is 1.89. The summed E-state index contributed by atoms with van der Waals surface area (Å²) in [6, 6.07) is 11.0. The molecular weight excluding hydrogens is 287 g/mol. The minimum Gasteiger partial charge on any atom is -0.341 e. The molecule has 1 aliphatic rings. The second-order valence-corrected chi connectivity index (χ2v) is 5.64. The number of hydrogen-bond donors (Lipinski definition) is 1. The first kappa shape index (κ1) is 14.4.